The topological polar surface area (TPSA) is 29.1 Å². The highest BCUT2D eigenvalue weighted by atomic mass is 19.4. The summed E-state index contributed by atoms with van der Waals surface area (Å²) in [6, 6.07) is -1.74. The normalized spacial score (nSPS) is 14.7. The number of carbonyl (C=O) groups is 1. The number of amides is 1. The molecule has 0 saturated heterocycles. The van der Waals surface area contributed by atoms with Crippen molar-refractivity contribution in [2.24, 2.45) is 5.92 Å². The van der Waals surface area contributed by atoms with Crippen molar-refractivity contribution >= 4 is 6.41 Å². The predicted molar refractivity (Wildman–Crippen MR) is 33.9 cm³/mol. The Labute approximate surface area is 62.8 Å². The van der Waals surface area contributed by atoms with Gasteiger partial charge in [-0.25, -0.2) is 0 Å². The van der Waals surface area contributed by atoms with Gasteiger partial charge in [-0.05, 0) is 5.92 Å². The quantitative estimate of drug-likeness (QED) is 0.634. The van der Waals surface area contributed by atoms with E-state index in [-0.39, 0.29) is 6.41 Å². The van der Waals surface area contributed by atoms with Crippen LogP contribution < -0.4 is 5.32 Å². The molecule has 11 heavy (non-hydrogen) atoms. The lowest BCUT2D eigenvalue weighted by Crippen LogP contribution is -2.45. The smallest absolute Gasteiger partial charge is 0.347 e. The molecular weight excluding hydrogens is 159 g/mol. The number of rotatable bonds is 3. The summed E-state index contributed by atoms with van der Waals surface area (Å²) in [5.74, 6) is -0.639. The van der Waals surface area contributed by atoms with E-state index in [1.807, 2.05) is 0 Å². The van der Waals surface area contributed by atoms with Gasteiger partial charge in [-0.15, -0.1) is 0 Å². The van der Waals surface area contributed by atoms with Crippen LogP contribution in [-0.4, -0.2) is 18.6 Å². The first kappa shape index (κ1) is 10.3. The number of carbonyl (C=O) groups excluding carboxylic acids is 1. The fourth-order valence-corrected chi connectivity index (χ4v) is 0.738. The Hall–Kier alpha value is -0.740. The van der Waals surface area contributed by atoms with Crippen LogP contribution in [-0.2, 0) is 4.79 Å². The van der Waals surface area contributed by atoms with Crippen LogP contribution in [0.5, 0.6) is 0 Å². The second-order valence-electron chi connectivity index (χ2n) is 2.55. The molecule has 0 aromatic carbocycles. The minimum Gasteiger partial charge on any atom is -0.347 e. The van der Waals surface area contributed by atoms with Crippen molar-refractivity contribution in [1.82, 2.24) is 5.32 Å². The second kappa shape index (κ2) is 3.59. The van der Waals surface area contributed by atoms with Crippen molar-refractivity contribution in [3.8, 4) is 0 Å². The molecule has 0 aromatic heterocycles. The molecule has 2 nitrogen and oxygen atoms in total. The highest BCUT2D eigenvalue weighted by Gasteiger charge is 2.41. The zero-order valence-corrected chi connectivity index (χ0v) is 6.27. The number of nitrogens with one attached hydrogen (secondary N) is 1. The van der Waals surface area contributed by atoms with Crippen LogP contribution in [0.3, 0.4) is 0 Å². The summed E-state index contributed by atoms with van der Waals surface area (Å²) in [5, 5.41) is 1.72. The van der Waals surface area contributed by atoms with E-state index in [4.69, 9.17) is 0 Å². The predicted octanol–water partition coefficient (Wildman–Crippen LogP) is 1.32. The van der Waals surface area contributed by atoms with Gasteiger partial charge in [-0.3, -0.25) is 4.79 Å². The highest BCUT2D eigenvalue weighted by molar-refractivity contribution is 5.46. The van der Waals surface area contributed by atoms with Crippen LogP contribution in [0.15, 0.2) is 0 Å². The monoisotopic (exact) mass is 169 g/mol. The molecule has 0 rings (SSSR count). The van der Waals surface area contributed by atoms with Gasteiger partial charge >= 0.3 is 6.18 Å². The third-order valence-corrected chi connectivity index (χ3v) is 1.27. The molecule has 66 valence electrons. The minimum absolute atomic E-state index is 0.0676. The van der Waals surface area contributed by atoms with E-state index in [2.05, 4.69) is 0 Å². The van der Waals surface area contributed by atoms with Crippen molar-refractivity contribution in [3.05, 3.63) is 0 Å². The summed E-state index contributed by atoms with van der Waals surface area (Å²) in [7, 11) is 0. The van der Waals surface area contributed by atoms with Crippen molar-refractivity contribution in [2.75, 3.05) is 0 Å². The van der Waals surface area contributed by atoms with Gasteiger partial charge in [0.05, 0.1) is 0 Å². The average molecular weight is 169 g/mol. The zero-order chi connectivity index (χ0) is 9.07. The van der Waals surface area contributed by atoms with Crippen LogP contribution in [0.4, 0.5) is 13.2 Å². The maximum Gasteiger partial charge on any atom is 0.408 e. The Bertz CT molecular complexity index is 132. The standard InChI is InChI=1S/C6H10F3NO/c1-4(2)5(10-3-11)6(7,8)9/h3-5H,1-2H3,(H,10,11). The van der Waals surface area contributed by atoms with Gasteiger partial charge in [-0.1, -0.05) is 13.8 Å². The molecule has 0 aliphatic carbocycles. The summed E-state index contributed by atoms with van der Waals surface area (Å²) < 4.78 is 35.8. The van der Waals surface area contributed by atoms with Gasteiger partial charge in [0.15, 0.2) is 0 Å². The summed E-state index contributed by atoms with van der Waals surface area (Å²) in [6.45, 7) is 2.79. The molecule has 0 aromatic rings. The zero-order valence-electron chi connectivity index (χ0n) is 6.27. The molecule has 0 aliphatic rings. The molecule has 5 heteroatoms. The fourth-order valence-electron chi connectivity index (χ4n) is 0.738. The summed E-state index contributed by atoms with van der Waals surface area (Å²) in [5.41, 5.74) is 0. The van der Waals surface area contributed by atoms with E-state index in [0.717, 1.165) is 0 Å². The highest BCUT2D eigenvalue weighted by Crippen LogP contribution is 2.24. The number of alkyl halides is 3. The largest absolute Gasteiger partial charge is 0.408 e. The second-order valence-corrected chi connectivity index (χ2v) is 2.55. The molecule has 0 heterocycles. The third kappa shape index (κ3) is 3.25. The maximum absolute atomic E-state index is 11.9. The van der Waals surface area contributed by atoms with Crippen LogP contribution in [0.25, 0.3) is 0 Å². The number of hydrogen-bond acceptors (Lipinski definition) is 1. The molecular formula is C6H10F3NO. The molecule has 0 radical (unpaired) electrons. The van der Waals surface area contributed by atoms with E-state index >= 15 is 0 Å². The molecule has 0 bridgehead atoms. The van der Waals surface area contributed by atoms with Crippen molar-refractivity contribution in [3.63, 3.8) is 0 Å². The molecule has 0 spiro atoms. The Kier molecular flexibility index (Phi) is 3.35. The molecule has 1 atom stereocenters. The Morgan fingerprint density at radius 3 is 1.91 bits per heavy atom. The Morgan fingerprint density at radius 1 is 1.36 bits per heavy atom. The summed E-state index contributed by atoms with van der Waals surface area (Å²) >= 11 is 0. The van der Waals surface area contributed by atoms with E-state index in [1.54, 1.807) is 5.32 Å². The molecule has 1 N–H and O–H groups in total. The van der Waals surface area contributed by atoms with Crippen LogP contribution in [0, 0.1) is 5.92 Å². The summed E-state index contributed by atoms with van der Waals surface area (Å²) in [4.78, 5) is 9.76. The number of hydrogen-bond donors (Lipinski definition) is 1. The van der Waals surface area contributed by atoms with Gasteiger partial charge in [0.25, 0.3) is 0 Å². The minimum atomic E-state index is -4.35. The lowest BCUT2D eigenvalue weighted by atomic mass is 10.0. The summed E-state index contributed by atoms with van der Waals surface area (Å²) in [6.07, 6.45) is -4.28. The van der Waals surface area contributed by atoms with E-state index < -0.39 is 18.1 Å². The Morgan fingerprint density at radius 2 is 1.82 bits per heavy atom. The maximum atomic E-state index is 11.9. The first-order valence-electron chi connectivity index (χ1n) is 3.16. The van der Waals surface area contributed by atoms with E-state index in [9.17, 15) is 18.0 Å². The first-order valence-corrected chi connectivity index (χ1v) is 3.16. The average Bonchev–Trinajstić information content (AvgIpc) is 1.79. The van der Waals surface area contributed by atoms with Gasteiger partial charge < -0.3 is 5.32 Å². The lowest BCUT2D eigenvalue weighted by molar-refractivity contribution is -0.167. The molecule has 1 unspecified atom stereocenters. The lowest BCUT2D eigenvalue weighted by Gasteiger charge is -2.22. The molecule has 1 amide bonds. The Balaban J connectivity index is 4.21. The van der Waals surface area contributed by atoms with Gasteiger partial charge in [0.1, 0.15) is 6.04 Å². The van der Waals surface area contributed by atoms with Crippen LogP contribution in [0.2, 0.25) is 0 Å². The van der Waals surface area contributed by atoms with Crippen molar-refractivity contribution < 1.29 is 18.0 Å². The first-order chi connectivity index (χ1) is 4.89. The third-order valence-electron chi connectivity index (χ3n) is 1.27. The molecule has 0 aliphatic heterocycles. The molecule has 0 fully saturated rings. The van der Waals surface area contributed by atoms with E-state index in [0.29, 0.717) is 0 Å². The van der Waals surface area contributed by atoms with Crippen molar-refractivity contribution in [2.45, 2.75) is 26.1 Å². The van der Waals surface area contributed by atoms with Crippen LogP contribution in [0.1, 0.15) is 13.8 Å². The fraction of sp³-hybridized carbons (Fsp3) is 0.833. The van der Waals surface area contributed by atoms with Crippen LogP contribution >= 0.6 is 0 Å². The van der Waals surface area contributed by atoms with Gasteiger partial charge in [0.2, 0.25) is 6.41 Å². The van der Waals surface area contributed by atoms with Crippen molar-refractivity contribution in [1.29, 1.82) is 0 Å². The van der Waals surface area contributed by atoms with Gasteiger partial charge in [0, 0.05) is 0 Å². The SMILES string of the molecule is CC(C)C(NC=O)C(F)(F)F. The van der Waals surface area contributed by atoms with Gasteiger partial charge in [-0.2, -0.15) is 13.2 Å². The van der Waals surface area contributed by atoms with E-state index in [1.165, 1.54) is 13.8 Å². The molecule has 0 saturated carbocycles. The number of halogens is 3.